The van der Waals surface area contributed by atoms with Crippen LogP contribution in [0.3, 0.4) is 0 Å². The van der Waals surface area contributed by atoms with E-state index in [-0.39, 0.29) is 43.5 Å². The first kappa shape index (κ1) is 15.6. The number of alkyl halides is 3. The zero-order valence-electron chi connectivity index (χ0n) is 11.5. The Kier molecular flexibility index (Phi) is 4.69. The van der Waals surface area contributed by atoms with Crippen LogP contribution in [0.1, 0.15) is 32.6 Å². The molecule has 0 aromatic carbocycles. The van der Waals surface area contributed by atoms with Crippen molar-refractivity contribution in [2.75, 3.05) is 11.9 Å². The molecule has 1 aliphatic carbocycles. The molecule has 21 heavy (non-hydrogen) atoms. The van der Waals surface area contributed by atoms with E-state index in [2.05, 4.69) is 20.5 Å². The summed E-state index contributed by atoms with van der Waals surface area (Å²) in [6, 6.07) is 0.119. The number of ether oxygens (including phenoxy) is 1. The lowest BCUT2D eigenvalue weighted by Crippen LogP contribution is -2.32. The molecule has 2 rings (SSSR count). The SMILES string of the molecule is CCOc1n[nH]c(NC(=O)C2CCC(C(F)(F)F)CC2)n1. The Labute approximate surface area is 119 Å². The summed E-state index contributed by atoms with van der Waals surface area (Å²) in [6.07, 6.45) is -3.74. The van der Waals surface area contributed by atoms with Crippen LogP contribution in [0.25, 0.3) is 0 Å². The quantitative estimate of drug-likeness (QED) is 0.895. The summed E-state index contributed by atoms with van der Waals surface area (Å²) < 4.78 is 42.7. The monoisotopic (exact) mass is 306 g/mol. The van der Waals surface area contributed by atoms with Crippen molar-refractivity contribution in [3.05, 3.63) is 0 Å². The van der Waals surface area contributed by atoms with Crippen LogP contribution in [-0.2, 0) is 4.79 Å². The molecule has 1 heterocycles. The van der Waals surface area contributed by atoms with E-state index in [1.54, 1.807) is 6.92 Å². The zero-order chi connectivity index (χ0) is 15.5. The lowest BCUT2D eigenvalue weighted by molar-refractivity contribution is -0.184. The Morgan fingerprint density at radius 3 is 2.62 bits per heavy atom. The molecule has 1 amide bonds. The molecule has 0 atom stereocenters. The van der Waals surface area contributed by atoms with Crippen LogP contribution in [0.2, 0.25) is 0 Å². The second-order valence-electron chi connectivity index (χ2n) is 4.98. The van der Waals surface area contributed by atoms with Gasteiger partial charge in [-0.3, -0.25) is 10.1 Å². The number of carbonyl (C=O) groups excluding carboxylic acids is 1. The van der Waals surface area contributed by atoms with Crippen molar-refractivity contribution in [3.63, 3.8) is 0 Å². The average Bonchev–Trinajstić information content (AvgIpc) is 2.86. The number of rotatable bonds is 4. The number of H-pyrrole nitrogens is 1. The summed E-state index contributed by atoms with van der Waals surface area (Å²) in [6.45, 7) is 2.17. The van der Waals surface area contributed by atoms with Crippen LogP contribution >= 0.6 is 0 Å². The molecule has 0 saturated heterocycles. The highest BCUT2D eigenvalue weighted by molar-refractivity contribution is 5.90. The van der Waals surface area contributed by atoms with Gasteiger partial charge in [0, 0.05) is 5.92 Å². The fraction of sp³-hybridized carbons (Fsp3) is 0.750. The third-order valence-corrected chi connectivity index (χ3v) is 3.54. The highest BCUT2D eigenvalue weighted by Gasteiger charge is 2.42. The third kappa shape index (κ3) is 4.08. The van der Waals surface area contributed by atoms with E-state index in [9.17, 15) is 18.0 Å². The predicted octanol–water partition coefficient (Wildman–Crippen LogP) is 2.51. The van der Waals surface area contributed by atoms with E-state index in [0.29, 0.717) is 6.61 Å². The van der Waals surface area contributed by atoms with E-state index in [0.717, 1.165) is 0 Å². The van der Waals surface area contributed by atoms with Crippen molar-refractivity contribution in [3.8, 4) is 6.01 Å². The number of nitrogens with zero attached hydrogens (tertiary/aromatic N) is 2. The fourth-order valence-electron chi connectivity index (χ4n) is 2.40. The van der Waals surface area contributed by atoms with Crippen molar-refractivity contribution in [1.82, 2.24) is 15.2 Å². The molecule has 0 spiro atoms. The van der Waals surface area contributed by atoms with Crippen molar-refractivity contribution in [1.29, 1.82) is 0 Å². The van der Waals surface area contributed by atoms with Gasteiger partial charge in [0.15, 0.2) is 0 Å². The second kappa shape index (κ2) is 6.31. The Morgan fingerprint density at radius 1 is 1.38 bits per heavy atom. The first-order chi connectivity index (χ1) is 9.90. The van der Waals surface area contributed by atoms with E-state index in [1.807, 2.05) is 0 Å². The first-order valence-corrected chi connectivity index (χ1v) is 6.83. The largest absolute Gasteiger partial charge is 0.463 e. The molecule has 1 aromatic heterocycles. The number of carbonyl (C=O) groups is 1. The Balaban J connectivity index is 1.84. The summed E-state index contributed by atoms with van der Waals surface area (Å²) in [4.78, 5) is 15.9. The Bertz CT molecular complexity index is 481. The van der Waals surface area contributed by atoms with Crippen molar-refractivity contribution < 1.29 is 22.7 Å². The normalized spacial score (nSPS) is 22.9. The maximum atomic E-state index is 12.6. The zero-order valence-corrected chi connectivity index (χ0v) is 11.5. The number of aromatic nitrogens is 3. The number of halogens is 3. The topological polar surface area (TPSA) is 79.9 Å². The molecule has 9 heteroatoms. The lowest BCUT2D eigenvalue weighted by Gasteiger charge is -2.28. The molecule has 1 fully saturated rings. The van der Waals surface area contributed by atoms with Crippen LogP contribution in [0.4, 0.5) is 19.1 Å². The van der Waals surface area contributed by atoms with Crippen LogP contribution in [0.15, 0.2) is 0 Å². The molecule has 6 nitrogen and oxygen atoms in total. The molecule has 118 valence electrons. The van der Waals surface area contributed by atoms with Gasteiger partial charge >= 0.3 is 12.2 Å². The Hall–Kier alpha value is -1.80. The number of nitrogens with one attached hydrogen (secondary N) is 2. The molecule has 0 aliphatic heterocycles. The second-order valence-corrected chi connectivity index (χ2v) is 4.98. The lowest BCUT2D eigenvalue weighted by atomic mass is 9.81. The van der Waals surface area contributed by atoms with Gasteiger partial charge in [-0.1, -0.05) is 0 Å². The van der Waals surface area contributed by atoms with E-state index in [4.69, 9.17) is 4.74 Å². The van der Waals surface area contributed by atoms with Gasteiger partial charge in [-0.15, -0.1) is 5.10 Å². The van der Waals surface area contributed by atoms with Gasteiger partial charge in [-0.25, -0.2) is 5.10 Å². The van der Waals surface area contributed by atoms with Gasteiger partial charge in [0.2, 0.25) is 11.9 Å². The summed E-state index contributed by atoms with van der Waals surface area (Å²) in [7, 11) is 0. The summed E-state index contributed by atoms with van der Waals surface area (Å²) in [5.74, 6) is -1.92. The highest BCUT2D eigenvalue weighted by atomic mass is 19.4. The standard InChI is InChI=1S/C12H17F3N4O2/c1-2-21-11-17-10(18-19-11)16-9(20)7-3-5-8(6-4-7)12(13,14)15/h7-8H,2-6H2,1H3,(H2,16,17,18,19,20). The molecule has 1 aliphatic rings. The molecular formula is C12H17F3N4O2. The Morgan fingerprint density at radius 2 is 2.05 bits per heavy atom. The van der Waals surface area contributed by atoms with Crippen LogP contribution in [0.5, 0.6) is 6.01 Å². The predicted molar refractivity (Wildman–Crippen MR) is 67.7 cm³/mol. The molecule has 2 N–H and O–H groups in total. The van der Waals surface area contributed by atoms with Crippen molar-refractivity contribution in [2.45, 2.75) is 38.8 Å². The number of hydrogen-bond donors (Lipinski definition) is 2. The van der Waals surface area contributed by atoms with Crippen molar-refractivity contribution >= 4 is 11.9 Å². The first-order valence-electron chi connectivity index (χ1n) is 6.83. The number of hydrogen-bond acceptors (Lipinski definition) is 4. The number of anilines is 1. The smallest absolute Gasteiger partial charge is 0.391 e. The van der Waals surface area contributed by atoms with Gasteiger partial charge in [-0.05, 0) is 32.6 Å². The van der Waals surface area contributed by atoms with Gasteiger partial charge in [-0.2, -0.15) is 18.2 Å². The summed E-state index contributed by atoms with van der Waals surface area (Å²) in [5.41, 5.74) is 0. The molecule has 0 bridgehead atoms. The van der Waals surface area contributed by atoms with Crippen LogP contribution in [0, 0.1) is 11.8 Å². The van der Waals surface area contributed by atoms with Gasteiger partial charge in [0.1, 0.15) is 0 Å². The molecule has 1 aromatic rings. The minimum absolute atomic E-state index is 0.0117. The van der Waals surface area contributed by atoms with Gasteiger partial charge in [0.05, 0.1) is 12.5 Å². The maximum Gasteiger partial charge on any atom is 0.391 e. The average molecular weight is 306 g/mol. The third-order valence-electron chi connectivity index (χ3n) is 3.54. The van der Waals surface area contributed by atoms with Crippen molar-refractivity contribution in [2.24, 2.45) is 11.8 Å². The summed E-state index contributed by atoms with van der Waals surface area (Å²) >= 11 is 0. The molecular weight excluding hydrogens is 289 g/mol. The van der Waals surface area contributed by atoms with Gasteiger partial charge in [0.25, 0.3) is 0 Å². The molecule has 1 saturated carbocycles. The van der Waals surface area contributed by atoms with E-state index < -0.39 is 18.0 Å². The van der Waals surface area contributed by atoms with Crippen LogP contribution in [-0.4, -0.2) is 33.9 Å². The summed E-state index contributed by atoms with van der Waals surface area (Å²) in [5, 5.41) is 8.74. The minimum atomic E-state index is -4.17. The van der Waals surface area contributed by atoms with Gasteiger partial charge < -0.3 is 4.74 Å². The van der Waals surface area contributed by atoms with Crippen LogP contribution < -0.4 is 10.1 Å². The minimum Gasteiger partial charge on any atom is -0.463 e. The molecule has 0 unspecified atom stereocenters. The van der Waals surface area contributed by atoms with E-state index >= 15 is 0 Å². The fourth-order valence-corrected chi connectivity index (χ4v) is 2.40. The van der Waals surface area contributed by atoms with E-state index in [1.165, 1.54) is 0 Å². The maximum absolute atomic E-state index is 12.6. The molecule has 0 radical (unpaired) electrons. The number of amides is 1. The highest BCUT2D eigenvalue weighted by Crippen LogP contribution is 2.39. The number of aromatic amines is 1.